The molecule has 0 amide bonds. The molecule has 0 spiro atoms. The van der Waals surface area contributed by atoms with Gasteiger partial charge in [0.05, 0.1) is 10.8 Å². The molecule has 2 aromatic rings. The number of ketones is 1. The Bertz CT molecular complexity index is 720. The van der Waals surface area contributed by atoms with Crippen LogP contribution in [0.4, 0.5) is 0 Å². The highest BCUT2D eigenvalue weighted by molar-refractivity contribution is 7.13. The molecule has 0 aromatic carbocycles. The van der Waals surface area contributed by atoms with E-state index < -0.39 is 0 Å². The fourth-order valence-corrected chi connectivity index (χ4v) is 4.48. The minimum atomic E-state index is -0.208. The van der Waals surface area contributed by atoms with Gasteiger partial charge in [0.2, 0.25) is 5.89 Å². The second-order valence-electron chi connectivity index (χ2n) is 6.62. The van der Waals surface area contributed by atoms with Gasteiger partial charge in [-0.2, -0.15) is 0 Å². The number of thiophene rings is 1. The number of hydrogen-bond donors (Lipinski definition) is 0. The number of rotatable bonds is 4. The predicted octanol–water partition coefficient (Wildman–Crippen LogP) is 3.84. The van der Waals surface area contributed by atoms with Crippen LogP contribution in [0.1, 0.15) is 37.8 Å². The molecule has 4 rings (SSSR count). The lowest BCUT2D eigenvalue weighted by atomic mass is 9.67. The maximum absolute atomic E-state index is 12.4. The van der Waals surface area contributed by atoms with Gasteiger partial charge in [0.25, 0.3) is 0 Å². The molecule has 2 aliphatic carbocycles. The summed E-state index contributed by atoms with van der Waals surface area (Å²) >= 11 is 1.55. The van der Waals surface area contributed by atoms with Crippen molar-refractivity contribution in [3.05, 3.63) is 29.5 Å². The fraction of sp³-hybridized carbons (Fsp3) is 0.500. The van der Waals surface area contributed by atoms with Crippen LogP contribution in [0.5, 0.6) is 0 Å². The number of aromatic nitrogens is 1. The van der Waals surface area contributed by atoms with Crippen LogP contribution in [0.15, 0.2) is 28.2 Å². The van der Waals surface area contributed by atoms with Crippen molar-refractivity contribution in [3.63, 3.8) is 0 Å². The van der Waals surface area contributed by atoms with Gasteiger partial charge in [-0.3, -0.25) is 9.59 Å². The summed E-state index contributed by atoms with van der Waals surface area (Å²) in [5.41, 5.74) is 0.610. The standard InChI is InChI=1S/C18H19NO4S/c20-16-11-3-1-4-12(16)8-13(7-11)18(21)23-10-14-9-22-17(19-14)15-5-2-6-24-15/h2,5-6,9,11-13H,1,3-4,7-8,10H2/t11-,12+,13?. The normalized spacial score (nSPS) is 26.3. The van der Waals surface area contributed by atoms with Crippen LogP contribution < -0.4 is 0 Å². The molecule has 0 saturated heterocycles. The van der Waals surface area contributed by atoms with E-state index in [1.54, 1.807) is 11.3 Å². The van der Waals surface area contributed by atoms with Gasteiger partial charge in [-0.05, 0) is 37.1 Å². The van der Waals surface area contributed by atoms with Crippen LogP contribution in [0.3, 0.4) is 0 Å². The third-order valence-corrected chi connectivity index (χ3v) is 5.89. The number of Topliss-reactive ketones (excluding diaryl/α,β-unsaturated/α-hetero) is 1. The summed E-state index contributed by atoms with van der Waals surface area (Å²) in [5, 5.41) is 1.96. The van der Waals surface area contributed by atoms with Crippen molar-refractivity contribution in [1.29, 1.82) is 0 Å². The molecular weight excluding hydrogens is 326 g/mol. The Morgan fingerprint density at radius 1 is 1.33 bits per heavy atom. The Labute approximate surface area is 144 Å². The van der Waals surface area contributed by atoms with Crippen LogP contribution in [0, 0.1) is 17.8 Å². The van der Waals surface area contributed by atoms with Gasteiger partial charge in [-0.1, -0.05) is 12.5 Å². The van der Waals surface area contributed by atoms with E-state index >= 15 is 0 Å². The first-order valence-electron chi connectivity index (χ1n) is 8.39. The zero-order valence-electron chi connectivity index (χ0n) is 13.3. The average molecular weight is 345 g/mol. The first-order chi connectivity index (χ1) is 11.7. The number of carbonyl (C=O) groups is 2. The molecular formula is C18H19NO4S. The maximum Gasteiger partial charge on any atom is 0.309 e. The number of carbonyl (C=O) groups excluding carboxylic acids is 2. The third kappa shape index (κ3) is 3.02. The molecule has 2 heterocycles. The van der Waals surface area contributed by atoms with Crippen molar-refractivity contribution in [2.24, 2.45) is 17.8 Å². The Hall–Kier alpha value is -1.95. The lowest BCUT2D eigenvalue weighted by Crippen LogP contribution is -2.39. The maximum atomic E-state index is 12.4. The number of fused-ring (bicyclic) bond motifs is 2. The van der Waals surface area contributed by atoms with Gasteiger partial charge >= 0.3 is 5.97 Å². The minimum Gasteiger partial charge on any atom is -0.459 e. The highest BCUT2D eigenvalue weighted by atomic mass is 32.1. The van der Waals surface area contributed by atoms with E-state index in [1.165, 1.54) is 6.26 Å². The summed E-state index contributed by atoms with van der Waals surface area (Å²) in [6.45, 7) is 0.119. The van der Waals surface area contributed by atoms with E-state index in [1.807, 2.05) is 17.5 Å². The first-order valence-corrected chi connectivity index (χ1v) is 9.27. The quantitative estimate of drug-likeness (QED) is 0.788. The first kappa shape index (κ1) is 15.6. The van der Waals surface area contributed by atoms with E-state index in [9.17, 15) is 9.59 Å². The second-order valence-corrected chi connectivity index (χ2v) is 7.57. The molecule has 24 heavy (non-hydrogen) atoms. The van der Waals surface area contributed by atoms with Crippen molar-refractivity contribution in [2.75, 3.05) is 0 Å². The molecule has 3 atom stereocenters. The van der Waals surface area contributed by atoms with Crippen LogP contribution >= 0.6 is 11.3 Å². The molecule has 2 aromatic heterocycles. The molecule has 6 heteroatoms. The molecule has 0 N–H and O–H groups in total. The summed E-state index contributed by atoms with van der Waals surface area (Å²) in [6.07, 6.45) is 5.77. The molecule has 126 valence electrons. The molecule has 2 saturated carbocycles. The van der Waals surface area contributed by atoms with E-state index in [-0.39, 0.29) is 30.3 Å². The van der Waals surface area contributed by atoms with Crippen molar-refractivity contribution in [3.8, 4) is 10.8 Å². The van der Waals surface area contributed by atoms with Crippen molar-refractivity contribution in [2.45, 2.75) is 38.7 Å². The zero-order chi connectivity index (χ0) is 16.5. The molecule has 5 nitrogen and oxygen atoms in total. The molecule has 0 aliphatic heterocycles. The van der Waals surface area contributed by atoms with E-state index in [4.69, 9.17) is 9.15 Å². The molecule has 2 aliphatic rings. The predicted molar refractivity (Wildman–Crippen MR) is 88.2 cm³/mol. The number of oxazole rings is 1. The summed E-state index contributed by atoms with van der Waals surface area (Å²) in [6, 6.07) is 3.87. The van der Waals surface area contributed by atoms with Gasteiger partial charge in [-0.25, -0.2) is 4.98 Å². The van der Waals surface area contributed by atoms with Crippen molar-refractivity contribution >= 4 is 23.1 Å². The topological polar surface area (TPSA) is 69.4 Å². The number of nitrogens with zero attached hydrogens (tertiary/aromatic N) is 1. The number of ether oxygens (including phenoxy) is 1. The highest BCUT2D eigenvalue weighted by Gasteiger charge is 2.41. The molecule has 0 radical (unpaired) electrons. The van der Waals surface area contributed by atoms with Gasteiger partial charge < -0.3 is 9.15 Å². The lowest BCUT2D eigenvalue weighted by molar-refractivity contribution is -0.154. The largest absolute Gasteiger partial charge is 0.459 e. The summed E-state index contributed by atoms with van der Waals surface area (Å²) in [4.78, 5) is 29.8. The molecule has 1 unspecified atom stereocenters. The van der Waals surface area contributed by atoms with E-state index in [2.05, 4.69) is 4.98 Å². The van der Waals surface area contributed by atoms with E-state index in [0.29, 0.717) is 30.2 Å². The van der Waals surface area contributed by atoms with Crippen molar-refractivity contribution in [1.82, 2.24) is 4.98 Å². The Morgan fingerprint density at radius 2 is 2.12 bits per heavy atom. The second kappa shape index (κ2) is 6.51. The SMILES string of the molecule is O=C(OCc1coc(-c2cccs2)n1)C1C[C@H]2CCC[C@@H](C1)C2=O. The minimum absolute atomic E-state index is 0.0625. The Morgan fingerprint density at radius 3 is 2.83 bits per heavy atom. The smallest absolute Gasteiger partial charge is 0.309 e. The van der Waals surface area contributed by atoms with Gasteiger partial charge in [0.1, 0.15) is 24.3 Å². The van der Waals surface area contributed by atoms with Crippen LogP contribution in [-0.2, 0) is 20.9 Å². The third-order valence-electron chi connectivity index (χ3n) is 5.03. The van der Waals surface area contributed by atoms with Gasteiger partial charge in [0, 0.05) is 11.8 Å². The Balaban J connectivity index is 1.34. The van der Waals surface area contributed by atoms with Gasteiger partial charge in [-0.15, -0.1) is 11.3 Å². The monoisotopic (exact) mass is 345 g/mol. The fourth-order valence-electron chi connectivity index (χ4n) is 3.82. The summed E-state index contributed by atoms with van der Waals surface area (Å²) < 4.78 is 10.9. The zero-order valence-corrected chi connectivity index (χ0v) is 14.1. The molecule has 2 fully saturated rings. The summed E-state index contributed by atoms with van der Waals surface area (Å²) in [7, 11) is 0. The van der Waals surface area contributed by atoms with E-state index in [0.717, 1.165) is 24.1 Å². The van der Waals surface area contributed by atoms with Crippen molar-refractivity contribution < 1.29 is 18.7 Å². The van der Waals surface area contributed by atoms with Crippen LogP contribution in [0.2, 0.25) is 0 Å². The number of hydrogen-bond acceptors (Lipinski definition) is 6. The van der Waals surface area contributed by atoms with Gasteiger partial charge in [0.15, 0.2) is 0 Å². The van der Waals surface area contributed by atoms with Crippen LogP contribution in [0.25, 0.3) is 10.8 Å². The summed E-state index contributed by atoms with van der Waals surface area (Å²) in [5.74, 6) is 0.679. The Kier molecular flexibility index (Phi) is 4.22. The average Bonchev–Trinajstić information content (AvgIpc) is 3.23. The van der Waals surface area contributed by atoms with Crippen LogP contribution in [-0.4, -0.2) is 16.7 Å². The number of esters is 1. The lowest BCUT2D eigenvalue weighted by Gasteiger charge is -2.36. The highest BCUT2D eigenvalue weighted by Crippen LogP contribution is 2.40. The molecule has 2 bridgehead atoms.